The fraction of sp³-hybridized carbons (Fsp3) is 0.176. The highest BCUT2D eigenvalue weighted by molar-refractivity contribution is 6.33. The van der Waals surface area contributed by atoms with Crippen LogP contribution in [0, 0.1) is 18.3 Å². The molecule has 2 aromatic rings. The van der Waals surface area contributed by atoms with E-state index in [0.29, 0.717) is 29.1 Å². The molecule has 0 aromatic heterocycles. The highest BCUT2D eigenvalue weighted by Gasteiger charge is 2.07. The zero-order valence-electron chi connectivity index (χ0n) is 11.7. The number of amides is 1. The Hall–Kier alpha value is -2.31. The van der Waals surface area contributed by atoms with Crippen molar-refractivity contribution in [2.75, 3.05) is 5.32 Å². The van der Waals surface area contributed by atoms with Crippen LogP contribution in [0.4, 0.5) is 5.69 Å². The number of carbonyl (C=O) groups excluding carboxylic acids is 1. The minimum atomic E-state index is -0.0943. The number of hydrogen-bond donors (Lipinski definition) is 1. The molecule has 3 nitrogen and oxygen atoms in total. The second-order valence-corrected chi connectivity index (χ2v) is 5.25. The molecular formula is C17H15ClN2O. The molecule has 0 atom stereocenters. The van der Waals surface area contributed by atoms with Crippen molar-refractivity contribution in [1.82, 2.24) is 0 Å². The second kappa shape index (κ2) is 6.92. The molecule has 4 heteroatoms. The molecule has 0 bridgehead atoms. The van der Waals surface area contributed by atoms with Gasteiger partial charge in [-0.1, -0.05) is 41.4 Å². The van der Waals surface area contributed by atoms with E-state index >= 15 is 0 Å². The van der Waals surface area contributed by atoms with Crippen LogP contribution in [0.2, 0.25) is 5.02 Å². The first kappa shape index (κ1) is 15.1. The number of nitriles is 1. The fourth-order valence-electron chi connectivity index (χ4n) is 2.02. The lowest BCUT2D eigenvalue weighted by molar-refractivity contribution is -0.116. The van der Waals surface area contributed by atoms with E-state index in [1.54, 1.807) is 12.1 Å². The van der Waals surface area contributed by atoms with Crippen LogP contribution in [0.25, 0.3) is 0 Å². The van der Waals surface area contributed by atoms with Gasteiger partial charge in [0.15, 0.2) is 0 Å². The minimum absolute atomic E-state index is 0.0943. The van der Waals surface area contributed by atoms with Crippen LogP contribution >= 0.6 is 11.6 Å². The molecule has 2 aromatic carbocycles. The monoisotopic (exact) mass is 298 g/mol. The molecule has 0 radical (unpaired) electrons. The van der Waals surface area contributed by atoms with Gasteiger partial charge in [0.1, 0.15) is 0 Å². The molecule has 0 saturated carbocycles. The van der Waals surface area contributed by atoms with Crippen LogP contribution in [-0.4, -0.2) is 5.91 Å². The van der Waals surface area contributed by atoms with Gasteiger partial charge in [-0.3, -0.25) is 4.79 Å². The largest absolute Gasteiger partial charge is 0.325 e. The molecular weight excluding hydrogens is 284 g/mol. The lowest BCUT2D eigenvalue weighted by atomic mass is 10.1. The summed E-state index contributed by atoms with van der Waals surface area (Å²) in [5.41, 5.74) is 3.32. The SMILES string of the molecule is Cc1cccc(CCC(=O)Nc2ccc(C#N)cc2Cl)c1. The molecule has 0 fully saturated rings. The van der Waals surface area contributed by atoms with Crippen molar-refractivity contribution in [3.63, 3.8) is 0 Å². The summed E-state index contributed by atoms with van der Waals surface area (Å²) < 4.78 is 0. The van der Waals surface area contributed by atoms with Crippen molar-refractivity contribution >= 4 is 23.2 Å². The molecule has 106 valence electrons. The number of halogens is 1. The van der Waals surface area contributed by atoms with Crippen molar-refractivity contribution in [3.8, 4) is 6.07 Å². The topological polar surface area (TPSA) is 52.9 Å². The first-order valence-corrected chi connectivity index (χ1v) is 7.01. The highest BCUT2D eigenvalue weighted by Crippen LogP contribution is 2.23. The van der Waals surface area contributed by atoms with E-state index in [-0.39, 0.29) is 5.91 Å². The Morgan fingerprint density at radius 2 is 2.10 bits per heavy atom. The summed E-state index contributed by atoms with van der Waals surface area (Å²) in [5, 5.41) is 11.9. The summed E-state index contributed by atoms with van der Waals surface area (Å²) in [6.45, 7) is 2.03. The Bertz CT molecular complexity index is 704. The van der Waals surface area contributed by atoms with E-state index in [0.717, 1.165) is 5.56 Å². The maximum atomic E-state index is 11.9. The van der Waals surface area contributed by atoms with Gasteiger partial charge < -0.3 is 5.32 Å². The molecule has 1 amide bonds. The predicted molar refractivity (Wildman–Crippen MR) is 84.3 cm³/mol. The van der Waals surface area contributed by atoms with E-state index in [9.17, 15) is 4.79 Å². The average Bonchev–Trinajstić information content (AvgIpc) is 2.47. The fourth-order valence-corrected chi connectivity index (χ4v) is 2.25. The van der Waals surface area contributed by atoms with E-state index < -0.39 is 0 Å². The maximum absolute atomic E-state index is 11.9. The summed E-state index contributed by atoms with van der Waals surface area (Å²) in [5.74, 6) is -0.0943. The van der Waals surface area contributed by atoms with Crippen LogP contribution in [0.1, 0.15) is 23.1 Å². The Labute approximate surface area is 129 Å². The van der Waals surface area contributed by atoms with Crippen molar-refractivity contribution in [1.29, 1.82) is 5.26 Å². The lowest BCUT2D eigenvalue weighted by Crippen LogP contribution is -2.12. The highest BCUT2D eigenvalue weighted by atomic mass is 35.5. The van der Waals surface area contributed by atoms with Gasteiger partial charge in [-0.25, -0.2) is 0 Å². The quantitative estimate of drug-likeness (QED) is 0.924. The van der Waals surface area contributed by atoms with Crippen LogP contribution in [-0.2, 0) is 11.2 Å². The summed E-state index contributed by atoms with van der Waals surface area (Å²) in [6.07, 6.45) is 1.07. The van der Waals surface area contributed by atoms with Crippen LogP contribution in [0.3, 0.4) is 0 Å². The number of nitrogens with one attached hydrogen (secondary N) is 1. The van der Waals surface area contributed by atoms with Crippen molar-refractivity contribution < 1.29 is 4.79 Å². The standard InChI is InChI=1S/C17H15ClN2O/c1-12-3-2-4-13(9-12)6-8-17(21)20-16-7-5-14(11-19)10-15(16)18/h2-5,7,9-10H,6,8H2,1H3,(H,20,21). The number of carbonyl (C=O) groups is 1. The van der Waals surface area contributed by atoms with Crippen molar-refractivity contribution in [2.45, 2.75) is 19.8 Å². The van der Waals surface area contributed by atoms with E-state index in [1.165, 1.54) is 11.6 Å². The Balaban J connectivity index is 1.95. The van der Waals surface area contributed by atoms with E-state index in [1.807, 2.05) is 31.2 Å². The number of benzene rings is 2. The first-order valence-electron chi connectivity index (χ1n) is 6.63. The molecule has 0 saturated heterocycles. The third-order valence-corrected chi connectivity index (χ3v) is 3.41. The summed E-state index contributed by atoms with van der Waals surface area (Å²) in [6, 6.07) is 14.9. The molecule has 0 aliphatic heterocycles. The Morgan fingerprint density at radius 3 is 2.76 bits per heavy atom. The van der Waals surface area contributed by atoms with Crippen molar-refractivity contribution in [2.24, 2.45) is 0 Å². The first-order chi connectivity index (χ1) is 10.1. The third-order valence-electron chi connectivity index (χ3n) is 3.10. The van der Waals surface area contributed by atoms with Crippen LogP contribution in [0.15, 0.2) is 42.5 Å². The molecule has 21 heavy (non-hydrogen) atoms. The number of hydrogen-bond acceptors (Lipinski definition) is 2. The predicted octanol–water partition coefficient (Wildman–Crippen LogP) is 4.09. The van der Waals surface area contributed by atoms with Crippen molar-refractivity contribution in [3.05, 3.63) is 64.2 Å². The van der Waals surface area contributed by atoms with Gasteiger partial charge in [0.05, 0.1) is 22.3 Å². The van der Waals surface area contributed by atoms with Gasteiger partial charge in [-0.2, -0.15) is 5.26 Å². The van der Waals surface area contributed by atoms with E-state index in [4.69, 9.17) is 16.9 Å². The number of rotatable bonds is 4. The maximum Gasteiger partial charge on any atom is 0.224 e. The van der Waals surface area contributed by atoms with Gasteiger partial charge in [0.2, 0.25) is 5.91 Å². The molecule has 0 aliphatic rings. The minimum Gasteiger partial charge on any atom is -0.325 e. The third kappa shape index (κ3) is 4.34. The summed E-state index contributed by atoms with van der Waals surface area (Å²) in [4.78, 5) is 11.9. The molecule has 0 aliphatic carbocycles. The Kier molecular flexibility index (Phi) is 4.97. The summed E-state index contributed by atoms with van der Waals surface area (Å²) in [7, 11) is 0. The van der Waals surface area contributed by atoms with Crippen LogP contribution < -0.4 is 5.32 Å². The average molecular weight is 299 g/mol. The molecule has 0 unspecified atom stereocenters. The number of anilines is 1. The van der Waals surface area contributed by atoms with Crippen LogP contribution in [0.5, 0.6) is 0 Å². The zero-order valence-corrected chi connectivity index (χ0v) is 12.4. The van der Waals surface area contributed by atoms with Gasteiger partial charge in [0.25, 0.3) is 0 Å². The summed E-state index contributed by atoms with van der Waals surface area (Å²) >= 11 is 6.02. The smallest absolute Gasteiger partial charge is 0.224 e. The second-order valence-electron chi connectivity index (χ2n) is 4.84. The van der Waals surface area contributed by atoms with Gasteiger partial charge >= 0.3 is 0 Å². The number of nitrogens with zero attached hydrogens (tertiary/aromatic N) is 1. The molecule has 1 N–H and O–H groups in total. The zero-order chi connectivity index (χ0) is 15.2. The van der Waals surface area contributed by atoms with Gasteiger partial charge in [-0.05, 0) is 37.1 Å². The molecule has 0 spiro atoms. The van der Waals surface area contributed by atoms with Gasteiger partial charge in [-0.15, -0.1) is 0 Å². The number of aryl methyl sites for hydroxylation is 2. The Morgan fingerprint density at radius 1 is 1.29 bits per heavy atom. The van der Waals surface area contributed by atoms with E-state index in [2.05, 4.69) is 11.4 Å². The normalized spacial score (nSPS) is 9.95. The molecule has 0 heterocycles. The van der Waals surface area contributed by atoms with Gasteiger partial charge in [0, 0.05) is 6.42 Å². The lowest BCUT2D eigenvalue weighted by Gasteiger charge is -2.08. The molecule has 2 rings (SSSR count).